The molecule has 2 aromatic heterocycles. The molecule has 0 aliphatic rings. The van der Waals surface area contributed by atoms with Gasteiger partial charge in [-0.25, -0.2) is 8.91 Å². The molecule has 0 atom stereocenters. The van der Waals surface area contributed by atoms with Crippen LogP contribution in [0.5, 0.6) is 0 Å². The van der Waals surface area contributed by atoms with Gasteiger partial charge in [0.15, 0.2) is 5.69 Å². The lowest BCUT2D eigenvalue weighted by molar-refractivity contribution is 0.0779. The Hall–Kier alpha value is -2.69. The van der Waals surface area contributed by atoms with E-state index in [1.165, 1.54) is 12.1 Å². The van der Waals surface area contributed by atoms with Crippen molar-refractivity contribution in [2.45, 2.75) is 6.54 Å². The molecule has 1 aromatic carbocycles. The van der Waals surface area contributed by atoms with Crippen molar-refractivity contribution in [1.29, 1.82) is 0 Å². The van der Waals surface area contributed by atoms with Crippen LogP contribution in [0.25, 0.3) is 5.52 Å². The Kier molecular flexibility index (Phi) is 3.39. The highest BCUT2D eigenvalue weighted by molar-refractivity contribution is 5.93. The number of pyridine rings is 1. The lowest BCUT2D eigenvalue weighted by Gasteiger charge is -2.15. The van der Waals surface area contributed by atoms with Gasteiger partial charge in [0.05, 0.1) is 5.52 Å². The largest absolute Gasteiger partial charge is 0.336 e. The Morgan fingerprint density at radius 1 is 1.24 bits per heavy atom. The molecule has 5 heteroatoms. The first-order valence-corrected chi connectivity index (χ1v) is 6.58. The van der Waals surface area contributed by atoms with Crippen molar-refractivity contribution in [3.63, 3.8) is 0 Å². The second-order valence-electron chi connectivity index (χ2n) is 4.89. The van der Waals surface area contributed by atoms with Gasteiger partial charge in [0.1, 0.15) is 5.82 Å². The maximum atomic E-state index is 12.9. The van der Waals surface area contributed by atoms with Crippen LogP contribution in [0.3, 0.4) is 0 Å². The first-order valence-electron chi connectivity index (χ1n) is 6.58. The number of fused-ring (bicyclic) bond motifs is 1. The van der Waals surface area contributed by atoms with Crippen molar-refractivity contribution < 1.29 is 9.18 Å². The average Bonchev–Trinajstić information content (AvgIpc) is 2.92. The number of rotatable bonds is 3. The normalized spacial score (nSPS) is 10.8. The average molecular weight is 283 g/mol. The first kappa shape index (κ1) is 13.3. The molecule has 0 saturated heterocycles. The fourth-order valence-electron chi connectivity index (χ4n) is 2.17. The molecule has 0 bridgehead atoms. The maximum Gasteiger partial charge on any atom is 0.274 e. The summed E-state index contributed by atoms with van der Waals surface area (Å²) < 4.78 is 14.5. The summed E-state index contributed by atoms with van der Waals surface area (Å²) >= 11 is 0. The van der Waals surface area contributed by atoms with Crippen molar-refractivity contribution >= 4 is 11.4 Å². The fourth-order valence-corrected chi connectivity index (χ4v) is 2.17. The molecular weight excluding hydrogens is 269 g/mol. The molecule has 0 fully saturated rings. The van der Waals surface area contributed by atoms with Crippen LogP contribution in [0.15, 0.2) is 54.7 Å². The van der Waals surface area contributed by atoms with E-state index in [4.69, 9.17) is 0 Å². The van der Waals surface area contributed by atoms with Crippen LogP contribution in [0.2, 0.25) is 0 Å². The second kappa shape index (κ2) is 5.36. The van der Waals surface area contributed by atoms with Crippen molar-refractivity contribution in [2.75, 3.05) is 7.05 Å². The minimum absolute atomic E-state index is 0.164. The third-order valence-corrected chi connectivity index (χ3v) is 3.27. The standard InChI is InChI=1S/C16H14FN3O/c1-19(11-12-5-7-13(17)8-6-12)16(21)15-10-14-4-2-3-9-20(14)18-15/h2-10H,11H2,1H3. The molecule has 2 heterocycles. The lowest BCUT2D eigenvalue weighted by atomic mass is 10.2. The van der Waals surface area contributed by atoms with Crippen molar-refractivity contribution in [3.8, 4) is 0 Å². The molecule has 0 spiro atoms. The molecule has 0 aliphatic carbocycles. The minimum Gasteiger partial charge on any atom is -0.336 e. The first-order chi connectivity index (χ1) is 10.1. The summed E-state index contributed by atoms with van der Waals surface area (Å²) in [4.78, 5) is 13.9. The molecule has 0 unspecified atom stereocenters. The third-order valence-electron chi connectivity index (χ3n) is 3.27. The molecule has 21 heavy (non-hydrogen) atoms. The SMILES string of the molecule is CN(Cc1ccc(F)cc1)C(=O)c1cc2ccccn2n1. The van der Waals surface area contributed by atoms with E-state index in [1.54, 1.807) is 40.9 Å². The van der Waals surface area contributed by atoms with E-state index < -0.39 is 0 Å². The van der Waals surface area contributed by atoms with Crippen molar-refractivity contribution in [3.05, 3.63) is 71.8 Å². The van der Waals surface area contributed by atoms with Crippen LogP contribution in [-0.2, 0) is 6.54 Å². The van der Waals surface area contributed by atoms with Gasteiger partial charge in [0.25, 0.3) is 5.91 Å². The summed E-state index contributed by atoms with van der Waals surface area (Å²) in [5.74, 6) is -0.448. The van der Waals surface area contributed by atoms with Crippen LogP contribution in [0.4, 0.5) is 4.39 Å². The number of carbonyl (C=O) groups excluding carboxylic acids is 1. The van der Waals surface area contributed by atoms with Gasteiger partial charge in [0, 0.05) is 19.8 Å². The summed E-state index contributed by atoms with van der Waals surface area (Å²) in [5, 5.41) is 4.25. The third kappa shape index (κ3) is 2.76. The van der Waals surface area contributed by atoms with Crippen LogP contribution < -0.4 is 0 Å². The van der Waals surface area contributed by atoms with E-state index in [1.807, 2.05) is 18.2 Å². The summed E-state index contributed by atoms with van der Waals surface area (Å²) in [7, 11) is 1.70. The van der Waals surface area contributed by atoms with Crippen LogP contribution >= 0.6 is 0 Å². The topological polar surface area (TPSA) is 37.6 Å². The highest BCUT2D eigenvalue weighted by atomic mass is 19.1. The van der Waals surface area contributed by atoms with Gasteiger partial charge in [-0.05, 0) is 35.9 Å². The van der Waals surface area contributed by atoms with E-state index in [0.717, 1.165) is 11.1 Å². The molecule has 1 amide bonds. The lowest BCUT2D eigenvalue weighted by Crippen LogP contribution is -2.26. The number of carbonyl (C=O) groups is 1. The molecule has 0 aliphatic heterocycles. The molecule has 106 valence electrons. The van der Waals surface area contributed by atoms with Gasteiger partial charge in [-0.1, -0.05) is 18.2 Å². The van der Waals surface area contributed by atoms with Gasteiger partial charge in [-0.3, -0.25) is 4.79 Å². The zero-order valence-corrected chi connectivity index (χ0v) is 11.5. The molecule has 0 N–H and O–H groups in total. The Bertz CT molecular complexity index is 747. The zero-order chi connectivity index (χ0) is 14.8. The Labute approximate surface area is 121 Å². The monoisotopic (exact) mass is 283 g/mol. The van der Waals surface area contributed by atoms with Gasteiger partial charge >= 0.3 is 0 Å². The van der Waals surface area contributed by atoms with Crippen LogP contribution in [-0.4, -0.2) is 27.5 Å². The Morgan fingerprint density at radius 3 is 2.71 bits per heavy atom. The van der Waals surface area contributed by atoms with Crippen LogP contribution in [0.1, 0.15) is 16.1 Å². The van der Waals surface area contributed by atoms with E-state index in [-0.39, 0.29) is 11.7 Å². The highest BCUT2D eigenvalue weighted by Crippen LogP contribution is 2.11. The van der Waals surface area contributed by atoms with E-state index in [9.17, 15) is 9.18 Å². The predicted molar refractivity (Wildman–Crippen MR) is 77.4 cm³/mol. The van der Waals surface area contributed by atoms with E-state index in [0.29, 0.717) is 12.2 Å². The van der Waals surface area contributed by atoms with E-state index >= 15 is 0 Å². The Balaban J connectivity index is 1.78. The molecular formula is C16H14FN3O. The summed E-state index contributed by atoms with van der Waals surface area (Å²) in [6.07, 6.45) is 1.80. The van der Waals surface area contributed by atoms with Gasteiger partial charge in [-0.2, -0.15) is 5.10 Å². The quantitative estimate of drug-likeness (QED) is 0.741. The number of hydrogen-bond donors (Lipinski definition) is 0. The number of nitrogens with zero attached hydrogens (tertiary/aromatic N) is 3. The summed E-state index contributed by atoms with van der Waals surface area (Å²) in [6, 6.07) is 13.5. The zero-order valence-electron chi connectivity index (χ0n) is 11.5. The van der Waals surface area contributed by atoms with Gasteiger partial charge in [-0.15, -0.1) is 0 Å². The number of halogens is 1. The summed E-state index contributed by atoms with van der Waals surface area (Å²) in [6.45, 7) is 0.410. The number of amides is 1. The number of benzene rings is 1. The second-order valence-corrected chi connectivity index (χ2v) is 4.89. The number of hydrogen-bond acceptors (Lipinski definition) is 2. The molecule has 0 radical (unpaired) electrons. The predicted octanol–water partition coefficient (Wildman–Crippen LogP) is 2.75. The highest BCUT2D eigenvalue weighted by Gasteiger charge is 2.15. The maximum absolute atomic E-state index is 12.9. The van der Waals surface area contributed by atoms with Crippen molar-refractivity contribution in [1.82, 2.24) is 14.5 Å². The van der Waals surface area contributed by atoms with Gasteiger partial charge < -0.3 is 4.90 Å². The molecule has 4 nitrogen and oxygen atoms in total. The van der Waals surface area contributed by atoms with Crippen molar-refractivity contribution in [2.24, 2.45) is 0 Å². The fraction of sp³-hybridized carbons (Fsp3) is 0.125. The molecule has 0 saturated carbocycles. The minimum atomic E-state index is -0.284. The van der Waals surface area contributed by atoms with Crippen LogP contribution in [0, 0.1) is 5.82 Å². The number of aromatic nitrogens is 2. The summed E-state index contributed by atoms with van der Waals surface area (Å²) in [5.41, 5.74) is 2.14. The molecule has 3 rings (SSSR count). The Morgan fingerprint density at radius 2 is 2.00 bits per heavy atom. The molecule has 3 aromatic rings. The van der Waals surface area contributed by atoms with Gasteiger partial charge in [0.2, 0.25) is 0 Å². The van der Waals surface area contributed by atoms with E-state index in [2.05, 4.69) is 5.10 Å². The smallest absolute Gasteiger partial charge is 0.274 e.